The first-order valence-electron chi connectivity index (χ1n) is 11.6. The molecule has 0 heterocycles. The maximum atomic E-state index is 12.7. The second-order valence-electron chi connectivity index (χ2n) is 8.54. The minimum atomic E-state index is -0.496. The molecule has 0 aliphatic carbocycles. The molecule has 0 aliphatic rings. The van der Waals surface area contributed by atoms with Crippen LogP contribution >= 0.6 is 0 Å². The smallest absolute Gasteiger partial charge is 0.343 e. The lowest BCUT2D eigenvalue weighted by atomic mass is 9.81. The Balaban J connectivity index is 1.64. The van der Waals surface area contributed by atoms with E-state index in [1.54, 1.807) is 31.4 Å². The first-order chi connectivity index (χ1) is 17.4. The van der Waals surface area contributed by atoms with E-state index < -0.39 is 11.9 Å². The Bertz CT molecular complexity index is 1370. The summed E-state index contributed by atoms with van der Waals surface area (Å²) in [4.78, 5) is 24.3. The van der Waals surface area contributed by atoms with Gasteiger partial charge >= 0.3 is 11.9 Å². The molecule has 0 fully saturated rings. The van der Waals surface area contributed by atoms with Crippen molar-refractivity contribution in [2.45, 2.75) is 19.8 Å². The molecule has 0 N–H and O–H groups in total. The number of esters is 2. The molecule has 0 amide bonds. The molecule has 1 unspecified atom stereocenters. The van der Waals surface area contributed by atoms with Crippen LogP contribution in [0.5, 0.6) is 11.5 Å². The topological polar surface area (TPSA) is 61.8 Å². The highest BCUT2D eigenvalue weighted by atomic mass is 16.5. The van der Waals surface area contributed by atoms with Crippen molar-refractivity contribution in [2.24, 2.45) is 0 Å². The van der Waals surface area contributed by atoms with Gasteiger partial charge in [0.05, 0.1) is 25.3 Å². The van der Waals surface area contributed by atoms with Crippen LogP contribution in [0.25, 0.3) is 0 Å². The van der Waals surface area contributed by atoms with E-state index >= 15 is 0 Å². The molecule has 1 atom stereocenters. The molecule has 4 rings (SSSR count). The van der Waals surface area contributed by atoms with E-state index in [9.17, 15) is 9.59 Å². The van der Waals surface area contributed by atoms with Gasteiger partial charge in [0, 0.05) is 5.92 Å². The molecule has 36 heavy (non-hydrogen) atoms. The summed E-state index contributed by atoms with van der Waals surface area (Å²) >= 11 is 0. The van der Waals surface area contributed by atoms with Gasteiger partial charge in [0.1, 0.15) is 11.5 Å². The molecule has 0 saturated heterocycles. The number of carbonyl (C=O) groups is 2. The minimum absolute atomic E-state index is 0.00715. The van der Waals surface area contributed by atoms with Crippen molar-refractivity contribution in [1.82, 2.24) is 0 Å². The lowest BCUT2D eigenvalue weighted by Gasteiger charge is -2.23. The predicted octanol–water partition coefficient (Wildman–Crippen LogP) is 6.50. The van der Waals surface area contributed by atoms with Crippen LogP contribution in [-0.2, 0) is 4.74 Å². The summed E-state index contributed by atoms with van der Waals surface area (Å²) in [6.07, 6.45) is 0. The van der Waals surface area contributed by atoms with Crippen molar-refractivity contribution in [2.75, 3.05) is 14.2 Å². The van der Waals surface area contributed by atoms with Gasteiger partial charge in [-0.15, -0.1) is 0 Å². The Labute approximate surface area is 211 Å². The maximum Gasteiger partial charge on any atom is 0.343 e. The van der Waals surface area contributed by atoms with Gasteiger partial charge < -0.3 is 14.2 Å². The number of ether oxygens (including phenoxy) is 3. The molecular formula is C31H28O5. The second-order valence-corrected chi connectivity index (χ2v) is 8.54. The summed E-state index contributed by atoms with van der Waals surface area (Å²) < 4.78 is 15.7. The molecule has 0 radical (unpaired) electrons. The van der Waals surface area contributed by atoms with Gasteiger partial charge in [0.15, 0.2) is 0 Å². The summed E-state index contributed by atoms with van der Waals surface area (Å²) in [6.45, 7) is 4.11. The van der Waals surface area contributed by atoms with E-state index in [4.69, 9.17) is 14.2 Å². The summed E-state index contributed by atoms with van der Waals surface area (Å²) in [5.41, 5.74) is 6.33. The van der Waals surface area contributed by atoms with Crippen molar-refractivity contribution >= 4 is 11.9 Å². The molecule has 5 nitrogen and oxygen atoms in total. The van der Waals surface area contributed by atoms with E-state index in [0.29, 0.717) is 16.9 Å². The molecule has 0 aliphatic heterocycles. The SMILES string of the molecule is COC(=O)c1ccc(C(=O)Oc2ccc(C(c3ccccc3)c3ccc(OC)cc3C)c(C)c2)cc1. The van der Waals surface area contributed by atoms with Crippen molar-refractivity contribution in [1.29, 1.82) is 0 Å². The summed E-state index contributed by atoms with van der Waals surface area (Å²) in [5.74, 6) is 0.330. The largest absolute Gasteiger partial charge is 0.497 e. The summed E-state index contributed by atoms with van der Waals surface area (Å²) in [6, 6.07) is 28.4. The van der Waals surface area contributed by atoms with Crippen LogP contribution in [0.4, 0.5) is 0 Å². The molecule has 182 valence electrons. The number of aryl methyl sites for hydroxylation is 2. The van der Waals surface area contributed by atoms with E-state index in [1.165, 1.54) is 18.2 Å². The van der Waals surface area contributed by atoms with E-state index in [0.717, 1.165) is 22.4 Å². The number of benzene rings is 4. The molecular weight excluding hydrogens is 452 g/mol. The zero-order chi connectivity index (χ0) is 25.7. The zero-order valence-electron chi connectivity index (χ0n) is 20.8. The first-order valence-corrected chi connectivity index (χ1v) is 11.6. The highest BCUT2D eigenvalue weighted by Crippen LogP contribution is 2.37. The quantitative estimate of drug-likeness (QED) is 0.172. The predicted molar refractivity (Wildman–Crippen MR) is 139 cm³/mol. The van der Waals surface area contributed by atoms with Gasteiger partial charge in [-0.2, -0.15) is 0 Å². The van der Waals surface area contributed by atoms with Crippen LogP contribution in [0.2, 0.25) is 0 Å². The number of methoxy groups -OCH3 is 2. The van der Waals surface area contributed by atoms with Gasteiger partial charge in [-0.05, 0) is 90.2 Å². The number of hydrogen-bond donors (Lipinski definition) is 0. The average Bonchev–Trinajstić information content (AvgIpc) is 2.91. The Morgan fingerprint density at radius 1 is 0.639 bits per heavy atom. The van der Waals surface area contributed by atoms with E-state index in [1.807, 2.05) is 55.5 Å². The lowest BCUT2D eigenvalue weighted by molar-refractivity contribution is 0.0599. The van der Waals surface area contributed by atoms with Crippen LogP contribution in [0.15, 0.2) is 91.0 Å². The van der Waals surface area contributed by atoms with E-state index in [-0.39, 0.29) is 5.92 Å². The van der Waals surface area contributed by atoms with Crippen LogP contribution < -0.4 is 9.47 Å². The first kappa shape index (κ1) is 24.7. The number of carbonyl (C=O) groups excluding carboxylic acids is 2. The highest BCUT2D eigenvalue weighted by Gasteiger charge is 2.21. The fraction of sp³-hybridized carbons (Fsp3) is 0.161. The molecule has 0 spiro atoms. The van der Waals surface area contributed by atoms with Crippen LogP contribution in [-0.4, -0.2) is 26.2 Å². The molecule has 0 saturated carbocycles. The summed E-state index contributed by atoms with van der Waals surface area (Å²) in [7, 11) is 2.98. The number of rotatable bonds is 7. The summed E-state index contributed by atoms with van der Waals surface area (Å²) in [5, 5.41) is 0. The fourth-order valence-corrected chi connectivity index (χ4v) is 4.33. The van der Waals surface area contributed by atoms with Gasteiger partial charge in [-0.3, -0.25) is 0 Å². The molecule has 4 aromatic rings. The highest BCUT2D eigenvalue weighted by molar-refractivity contribution is 5.94. The lowest BCUT2D eigenvalue weighted by Crippen LogP contribution is -2.11. The second kappa shape index (κ2) is 10.9. The molecule has 0 bridgehead atoms. The van der Waals surface area contributed by atoms with Gasteiger partial charge in [0.2, 0.25) is 0 Å². The van der Waals surface area contributed by atoms with Gasteiger partial charge in [-0.25, -0.2) is 9.59 Å². The van der Waals surface area contributed by atoms with Crippen molar-refractivity contribution in [3.63, 3.8) is 0 Å². The Kier molecular flexibility index (Phi) is 7.50. The molecule has 0 aromatic heterocycles. The van der Waals surface area contributed by atoms with Gasteiger partial charge in [0.25, 0.3) is 0 Å². The minimum Gasteiger partial charge on any atom is -0.497 e. The monoisotopic (exact) mass is 480 g/mol. The van der Waals surface area contributed by atoms with Crippen molar-refractivity contribution in [3.05, 3.63) is 130 Å². The van der Waals surface area contributed by atoms with Crippen molar-refractivity contribution < 1.29 is 23.8 Å². The molecule has 5 heteroatoms. The third kappa shape index (κ3) is 5.31. The van der Waals surface area contributed by atoms with E-state index in [2.05, 4.69) is 25.1 Å². The van der Waals surface area contributed by atoms with Crippen LogP contribution in [0.3, 0.4) is 0 Å². The Morgan fingerprint density at radius 2 is 1.17 bits per heavy atom. The normalized spacial score (nSPS) is 11.4. The van der Waals surface area contributed by atoms with Gasteiger partial charge in [-0.1, -0.05) is 42.5 Å². The van der Waals surface area contributed by atoms with Crippen LogP contribution in [0.1, 0.15) is 54.5 Å². The average molecular weight is 481 g/mol. The Morgan fingerprint density at radius 3 is 1.69 bits per heavy atom. The maximum absolute atomic E-state index is 12.7. The third-order valence-corrected chi connectivity index (χ3v) is 6.23. The fourth-order valence-electron chi connectivity index (χ4n) is 4.33. The van der Waals surface area contributed by atoms with Crippen molar-refractivity contribution in [3.8, 4) is 11.5 Å². The number of hydrogen-bond acceptors (Lipinski definition) is 5. The molecule has 4 aromatic carbocycles. The van der Waals surface area contributed by atoms with Crippen LogP contribution in [0, 0.1) is 13.8 Å². The standard InChI is InChI=1S/C31H28O5/c1-20-18-25(34-3)14-16-27(20)29(22-8-6-5-7-9-22)28-17-15-26(19-21(28)2)36-31(33)24-12-10-23(11-13-24)30(32)35-4/h5-19,29H,1-4H3. The third-order valence-electron chi connectivity index (χ3n) is 6.23. The zero-order valence-corrected chi connectivity index (χ0v) is 20.8. The Hall–Kier alpha value is -4.38.